The van der Waals surface area contributed by atoms with Crippen molar-refractivity contribution in [3.63, 3.8) is 0 Å². The number of hydrogen-bond donors (Lipinski definition) is 5. The smallest absolute Gasteiger partial charge is 0.251 e. The average molecular weight is 566 g/mol. The molecule has 6 N–H and O–H groups in total. The van der Waals surface area contributed by atoms with Crippen LogP contribution in [-0.4, -0.2) is 88.8 Å². The number of hydrogen-bond acceptors (Lipinski definition) is 9. The topological polar surface area (TPSA) is 187 Å². The third-order valence-electron chi connectivity index (χ3n) is 8.11. The zero-order valence-corrected chi connectivity index (χ0v) is 23.1. The minimum absolute atomic E-state index is 0.0482. The van der Waals surface area contributed by atoms with Gasteiger partial charge in [0.25, 0.3) is 5.91 Å². The number of phenols is 1. The first kappa shape index (κ1) is 30.0. The van der Waals surface area contributed by atoms with Gasteiger partial charge in [0.05, 0.1) is 17.9 Å². The van der Waals surface area contributed by atoms with Crippen LogP contribution in [0.25, 0.3) is 11.1 Å². The Bertz CT molecular complexity index is 1400. The molecule has 1 fully saturated rings. The van der Waals surface area contributed by atoms with Crippen molar-refractivity contribution in [3.05, 3.63) is 53.1 Å². The number of phenolic OH excluding ortho intramolecular Hbond substituents is 1. The molecule has 0 spiro atoms. The molecule has 0 bridgehead atoms. The van der Waals surface area contributed by atoms with Crippen LogP contribution in [0.4, 0.5) is 0 Å². The highest BCUT2D eigenvalue weighted by molar-refractivity contribution is 6.24. The van der Waals surface area contributed by atoms with Gasteiger partial charge in [0.2, 0.25) is 5.91 Å². The molecule has 0 aromatic heterocycles. The van der Waals surface area contributed by atoms with Gasteiger partial charge in [-0.05, 0) is 74.2 Å². The summed E-state index contributed by atoms with van der Waals surface area (Å²) in [6.07, 6.45) is -0.773. The molecule has 41 heavy (non-hydrogen) atoms. The molecule has 1 unspecified atom stereocenters. The third kappa shape index (κ3) is 5.65. The van der Waals surface area contributed by atoms with Crippen molar-refractivity contribution >= 4 is 29.2 Å². The second kappa shape index (κ2) is 11.9. The fraction of sp³-hybridized carbons (Fsp3) is 0.433. The van der Waals surface area contributed by atoms with Gasteiger partial charge in [-0.15, -0.1) is 0 Å². The molecule has 0 saturated heterocycles. The van der Waals surface area contributed by atoms with Gasteiger partial charge in [0.1, 0.15) is 5.75 Å². The van der Waals surface area contributed by atoms with Crippen molar-refractivity contribution in [2.24, 2.45) is 23.5 Å². The molecular formula is C30H35N3O8. The highest BCUT2D eigenvalue weighted by Crippen LogP contribution is 2.49. The Hall–Kier alpha value is -3.93. The second-order valence-corrected chi connectivity index (χ2v) is 11.1. The maximum Gasteiger partial charge on any atom is 0.251 e. The molecule has 4 atom stereocenters. The number of aliphatic hydroxyl groups excluding tert-OH is 1. The van der Waals surface area contributed by atoms with Crippen molar-refractivity contribution in [2.45, 2.75) is 31.3 Å². The lowest BCUT2D eigenvalue weighted by atomic mass is 9.57. The fourth-order valence-corrected chi connectivity index (χ4v) is 6.13. The molecule has 2 aromatic rings. The molecule has 0 heterocycles. The Morgan fingerprint density at radius 2 is 1.88 bits per heavy atom. The van der Waals surface area contributed by atoms with Crippen molar-refractivity contribution in [3.8, 4) is 16.9 Å². The lowest BCUT2D eigenvalue weighted by molar-refractivity contribution is -0.167. The predicted molar refractivity (Wildman–Crippen MR) is 148 cm³/mol. The number of carbonyl (C=O) groups is 5. The fourth-order valence-electron chi connectivity index (χ4n) is 6.13. The highest BCUT2D eigenvalue weighted by Gasteiger charge is 2.60. The van der Waals surface area contributed by atoms with E-state index in [0.717, 1.165) is 0 Å². The molecule has 2 amide bonds. The number of nitrogens with zero attached hydrogens (tertiary/aromatic N) is 1. The van der Waals surface area contributed by atoms with E-state index in [9.17, 15) is 39.3 Å². The van der Waals surface area contributed by atoms with Crippen molar-refractivity contribution in [1.29, 1.82) is 0 Å². The average Bonchev–Trinajstić information content (AvgIpc) is 2.91. The number of carbonyl (C=O) groups excluding carboxylic acids is 5. The van der Waals surface area contributed by atoms with Crippen LogP contribution >= 0.6 is 0 Å². The van der Waals surface area contributed by atoms with Gasteiger partial charge in [-0.25, -0.2) is 0 Å². The van der Waals surface area contributed by atoms with Crippen molar-refractivity contribution < 1.29 is 39.3 Å². The van der Waals surface area contributed by atoms with E-state index in [4.69, 9.17) is 5.73 Å². The van der Waals surface area contributed by atoms with Gasteiger partial charge < -0.3 is 31.3 Å². The van der Waals surface area contributed by atoms with Crippen molar-refractivity contribution in [1.82, 2.24) is 10.2 Å². The van der Waals surface area contributed by atoms with Crippen LogP contribution in [-0.2, 0) is 20.8 Å². The van der Waals surface area contributed by atoms with Crippen LogP contribution in [0.2, 0.25) is 0 Å². The summed E-state index contributed by atoms with van der Waals surface area (Å²) in [6.45, 7) is 0.696. The molecule has 2 aliphatic carbocycles. The summed E-state index contributed by atoms with van der Waals surface area (Å²) in [5.74, 6) is -7.60. The zero-order chi connectivity index (χ0) is 30.1. The maximum atomic E-state index is 13.8. The molecule has 218 valence electrons. The Morgan fingerprint density at radius 3 is 2.54 bits per heavy atom. The standard InChI is InChI=1S/C30H35N3O8/c1-33(2)10-9-32-29(40)17-5-3-4-16(12-17)20-6-7-22(35)26-21(20)14-18-13-19(8-11-34)30(41,23(36)15-24(31)37)28(39)25(18)27(26)38/h3-7,12,18-19,25,34-35,41H,8-11,13-15H2,1-2H3,(H2,31,37)(H,32,40)/t18-,19-,25?,30-/m1/s1. The van der Waals surface area contributed by atoms with E-state index >= 15 is 0 Å². The van der Waals surface area contributed by atoms with Crippen LogP contribution < -0.4 is 11.1 Å². The minimum atomic E-state index is -2.66. The summed E-state index contributed by atoms with van der Waals surface area (Å²) in [5, 5.41) is 34.6. The SMILES string of the molecule is CN(C)CCNC(=O)c1cccc(-c2ccc(O)c3c2C[C@H]2C[C@@H](CCO)[C@@](O)(C(=O)CC(N)=O)C(=O)C2C3=O)c1. The number of primary amides is 1. The molecule has 0 radical (unpaired) electrons. The number of amides is 2. The molecule has 11 heteroatoms. The highest BCUT2D eigenvalue weighted by atomic mass is 16.3. The summed E-state index contributed by atoms with van der Waals surface area (Å²) in [5.41, 5.74) is 4.55. The van der Waals surface area contributed by atoms with Crippen LogP contribution in [0.15, 0.2) is 36.4 Å². The second-order valence-electron chi connectivity index (χ2n) is 11.1. The van der Waals surface area contributed by atoms with E-state index in [2.05, 4.69) is 5.32 Å². The number of Topliss-reactive ketones (excluding diaryl/α,β-unsaturated/α-hetero) is 3. The van der Waals surface area contributed by atoms with E-state index in [1.165, 1.54) is 6.07 Å². The van der Waals surface area contributed by atoms with Crippen LogP contribution in [0.1, 0.15) is 45.5 Å². The largest absolute Gasteiger partial charge is 0.507 e. The normalized spacial score (nSPS) is 23.6. The Morgan fingerprint density at radius 1 is 1.15 bits per heavy atom. The first-order chi connectivity index (χ1) is 19.4. The number of nitrogens with one attached hydrogen (secondary N) is 1. The summed E-state index contributed by atoms with van der Waals surface area (Å²) in [6, 6.07) is 9.84. The number of ketones is 3. The lowest BCUT2D eigenvalue weighted by Crippen LogP contribution is -2.63. The van der Waals surface area contributed by atoms with E-state index in [-0.39, 0.29) is 36.5 Å². The van der Waals surface area contributed by atoms with Gasteiger partial charge >= 0.3 is 0 Å². The number of aliphatic hydroxyl groups is 2. The molecule has 4 rings (SSSR count). The molecule has 11 nitrogen and oxygen atoms in total. The molecule has 2 aromatic carbocycles. The van der Waals surface area contributed by atoms with E-state index in [0.29, 0.717) is 35.3 Å². The number of fused-ring (bicyclic) bond motifs is 2. The first-order valence-electron chi connectivity index (χ1n) is 13.5. The Balaban J connectivity index is 1.73. The predicted octanol–water partition coefficient (Wildman–Crippen LogP) is 0.469. The number of likely N-dealkylation sites (N-methyl/N-ethyl adjacent to an activating group) is 1. The first-order valence-corrected chi connectivity index (χ1v) is 13.5. The summed E-state index contributed by atoms with van der Waals surface area (Å²) in [4.78, 5) is 66.5. The third-order valence-corrected chi connectivity index (χ3v) is 8.11. The zero-order valence-electron chi connectivity index (χ0n) is 23.1. The molecule has 1 saturated carbocycles. The Labute approximate surface area is 237 Å². The maximum absolute atomic E-state index is 13.8. The summed E-state index contributed by atoms with van der Waals surface area (Å²) in [7, 11) is 3.80. The Kier molecular flexibility index (Phi) is 8.71. The van der Waals surface area contributed by atoms with Gasteiger partial charge in [0, 0.05) is 31.2 Å². The van der Waals surface area contributed by atoms with Crippen molar-refractivity contribution in [2.75, 3.05) is 33.8 Å². The number of rotatable bonds is 10. The van der Waals surface area contributed by atoms with Gasteiger partial charge in [-0.2, -0.15) is 0 Å². The number of benzene rings is 2. The van der Waals surface area contributed by atoms with Gasteiger partial charge in [-0.1, -0.05) is 18.2 Å². The molecule has 0 aliphatic heterocycles. The molecule has 2 aliphatic rings. The summed E-state index contributed by atoms with van der Waals surface area (Å²) >= 11 is 0. The van der Waals surface area contributed by atoms with Crippen LogP contribution in [0.3, 0.4) is 0 Å². The quantitative estimate of drug-likeness (QED) is 0.255. The van der Waals surface area contributed by atoms with Crippen LogP contribution in [0.5, 0.6) is 5.75 Å². The summed E-state index contributed by atoms with van der Waals surface area (Å²) < 4.78 is 0. The van der Waals surface area contributed by atoms with Crippen LogP contribution in [0, 0.1) is 17.8 Å². The van der Waals surface area contributed by atoms with E-state index in [1.807, 2.05) is 19.0 Å². The van der Waals surface area contributed by atoms with Gasteiger partial charge in [0.15, 0.2) is 23.0 Å². The lowest BCUT2D eigenvalue weighted by Gasteiger charge is -2.46. The van der Waals surface area contributed by atoms with E-state index < -0.39 is 59.6 Å². The monoisotopic (exact) mass is 565 g/mol. The molecular weight excluding hydrogens is 530 g/mol. The van der Waals surface area contributed by atoms with E-state index in [1.54, 1.807) is 30.3 Å². The van der Waals surface area contributed by atoms with Gasteiger partial charge in [-0.3, -0.25) is 24.0 Å². The number of aromatic hydroxyl groups is 1. The number of nitrogens with two attached hydrogens (primary N) is 1. The minimum Gasteiger partial charge on any atom is -0.507 e.